The Hall–Kier alpha value is -3.06. The molecule has 0 aliphatic heterocycles. The molecule has 0 unspecified atom stereocenters. The molecule has 6 nitrogen and oxygen atoms in total. The molecule has 3 rings (SSSR count). The van der Waals surface area contributed by atoms with Gasteiger partial charge >= 0.3 is 5.97 Å². The van der Waals surface area contributed by atoms with Crippen molar-refractivity contribution in [3.8, 4) is 11.5 Å². The molecule has 0 aromatic heterocycles. The standard InChI is InChI=1S/C22H15Cl3N2O4/c23-15-8-9-20(19(25)11-15)30-13-21(28)27-26-12-14-4-3-5-16(10-14)31-22(29)17-6-1-2-7-18(17)24/h1-12H,13H2,(H,27,28). The summed E-state index contributed by atoms with van der Waals surface area (Å²) in [5, 5.41) is 4.93. The minimum atomic E-state index is -0.578. The van der Waals surface area contributed by atoms with Crippen molar-refractivity contribution >= 4 is 52.9 Å². The van der Waals surface area contributed by atoms with Crippen molar-refractivity contribution in [2.75, 3.05) is 6.61 Å². The fraction of sp³-hybridized carbons (Fsp3) is 0.0455. The number of benzene rings is 3. The first-order valence-electron chi connectivity index (χ1n) is 8.89. The summed E-state index contributed by atoms with van der Waals surface area (Å²) >= 11 is 17.8. The highest BCUT2D eigenvalue weighted by atomic mass is 35.5. The van der Waals surface area contributed by atoms with Crippen molar-refractivity contribution in [2.24, 2.45) is 5.10 Å². The summed E-state index contributed by atoms with van der Waals surface area (Å²) in [5.41, 5.74) is 3.20. The molecule has 0 aliphatic rings. The normalized spacial score (nSPS) is 10.7. The van der Waals surface area contributed by atoms with Gasteiger partial charge in [-0.1, -0.05) is 59.1 Å². The van der Waals surface area contributed by atoms with Crippen LogP contribution in [-0.2, 0) is 4.79 Å². The average molecular weight is 478 g/mol. The van der Waals surface area contributed by atoms with Crippen molar-refractivity contribution in [3.63, 3.8) is 0 Å². The third-order valence-electron chi connectivity index (χ3n) is 3.82. The summed E-state index contributed by atoms with van der Waals surface area (Å²) in [4.78, 5) is 24.1. The SMILES string of the molecule is O=C(COc1ccc(Cl)cc1Cl)NN=Cc1cccc(OC(=O)c2ccccc2Cl)c1. The molecule has 0 bridgehead atoms. The van der Waals surface area contributed by atoms with Crippen molar-refractivity contribution in [3.05, 3.63) is 92.9 Å². The van der Waals surface area contributed by atoms with Crippen LogP contribution >= 0.6 is 34.8 Å². The number of carbonyl (C=O) groups excluding carboxylic acids is 2. The van der Waals surface area contributed by atoms with Crippen molar-refractivity contribution in [2.45, 2.75) is 0 Å². The Morgan fingerprint density at radius 3 is 2.52 bits per heavy atom. The molecule has 0 heterocycles. The highest BCUT2D eigenvalue weighted by Crippen LogP contribution is 2.27. The van der Waals surface area contributed by atoms with Gasteiger partial charge in [0.25, 0.3) is 5.91 Å². The van der Waals surface area contributed by atoms with Crippen LogP contribution in [0.5, 0.6) is 11.5 Å². The lowest BCUT2D eigenvalue weighted by molar-refractivity contribution is -0.123. The second-order valence-corrected chi connectivity index (χ2v) is 7.35. The molecule has 0 spiro atoms. The van der Waals surface area contributed by atoms with Gasteiger partial charge in [0.2, 0.25) is 0 Å². The molecule has 31 heavy (non-hydrogen) atoms. The number of esters is 1. The van der Waals surface area contributed by atoms with E-state index in [1.165, 1.54) is 12.3 Å². The van der Waals surface area contributed by atoms with E-state index in [9.17, 15) is 9.59 Å². The Balaban J connectivity index is 1.53. The van der Waals surface area contributed by atoms with Gasteiger partial charge in [-0.25, -0.2) is 10.2 Å². The molecule has 1 amide bonds. The zero-order valence-corrected chi connectivity index (χ0v) is 18.1. The van der Waals surface area contributed by atoms with Crippen LogP contribution in [0.15, 0.2) is 71.8 Å². The lowest BCUT2D eigenvalue weighted by Gasteiger charge is -2.07. The lowest BCUT2D eigenvalue weighted by atomic mass is 10.2. The maximum absolute atomic E-state index is 12.3. The first-order valence-corrected chi connectivity index (χ1v) is 10.0. The van der Waals surface area contributed by atoms with E-state index in [2.05, 4.69) is 10.5 Å². The maximum Gasteiger partial charge on any atom is 0.345 e. The molecule has 9 heteroatoms. The van der Waals surface area contributed by atoms with Crippen molar-refractivity contribution in [1.82, 2.24) is 5.43 Å². The molecule has 0 aliphatic carbocycles. The van der Waals surface area contributed by atoms with Crippen molar-refractivity contribution < 1.29 is 19.1 Å². The maximum atomic E-state index is 12.3. The zero-order chi connectivity index (χ0) is 22.2. The van der Waals surface area contributed by atoms with Gasteiger partial charge in [-0.15, -0.1) is 0 Å². The van der Waals surface area contributed by atoms with Crippen LogP contribution in [0.2, 0.25) is 15.1 Å². The van der Waals surface area contributed by atoms with E-state index in [0.29, 0.717) is 32.1 Å². The number of hydrogen-bond donors (Lipinski definition) is 1. The Kier molecular flexibility index (Phi) is 7.89. The number of rotatable bonds is 7. The van der Waals surface area contributed by atoms with E-state index in [0.717, 1.165) is 0 Å². The first-order chi connectivity index (χ1) is 14.9. The number of carbonyl (C=O) groups is 2. The molecule has 3 aromatic rings. The summed E-state index contributed by atoms with van der Waals surface area (Å²) in [7, 11) is 0. The summed E-state index contributed by atoms with van der Waals surface area (Å²) in [6, 6.07) is 17.9. The Morgan fingerprint density at radius 2 is 1.74 bits per heavy atom. The fourth-order valence-electron chi connectivity index (χ4n) is 2.39. The van der Waals surface area contributed by atoms with E-state index in [1.807, 2.05) is 0 Å². The molecule has 0 atom stereocenters. The molecule has 1 N–H and O–H groups in total. The number of hydrogen-bond acceptors (Lipinski definition) is 5. The summed E-state index contributed by atoms with van der Waals surface area (Å²) in [5.74, 6) is -0.422. The van der Waals surface area contributed by atoms with Gasteiger partial charge in [0.1, 0.15) is 11.5 Å². The monoisotopic (exact) mass is 476 g/mol. The van der Waals surface area contributed by atoms with E-state index < -0.39 is 11.9 Å². The molecular formula is C22H15Cl3N2O4. The summed E-state index contributed by atoms with van der Waals surface area (Å²) in [6.45, 7) is -0.284. The molecule has 0 radical (unpaired) electrons. The van der Waals surface area contributed by atoms with Crippen molar-refractivity contribution in [1.29, 1.82) is 0 Å². The largest absolute Gasteiger partial charge is 0.482 e. The van der Waals surface area contributed by atoms with Gasteiger partial charge in [-0.3, -0.25) is 4.79 Å². The van der Waals surface area contributed by atoms with Crippen LogP contribution in [-0.4, -0.2) is 24.7 Å². The number of hydrazone groups is 1. The van der Waals surface area contributed by atoms with Crippen LogP contribution in [0, 0.1) is 0 Å². The summed E-state index contributed by atoms with van der Waals surface area (Å²) < 4.78 is 10.7. The second-order valence-electron chi connectivity index (χ2n) is 6.10. The number of halogens is 3. The van der Waals surface area contributed by atoms with Gasteiger partial charge in [-0.2, -0.15) is 5.10 Å². The van der Waals surface area contributed by atoms with Gasteiger partial charge in [0.05, 0.1) is 21.8 Å². The van der Waals surface area contributed by atoms with Gasteiger partial charge in [0.15, 0.2) is 6.61 Å². The Labute approximate surface area is 193 Å². The minimum absolute atomic E-state index is 0.260. The Bertz CT molecular complexity index is 1140. The molecule has 3 aromatic carbocycles. The topological polar surface area (TPSA) is 77.0 Å². The number of nitrogens with one attached hydrogen (secondary N) is 1. The average Bonchev–Trinajstić information content (AvgIpc) is 2.73. The van der Waals surface area contributed by atoms with Gasteiger partial charge in [0, 0.05) is 5.02 Å². The van der Waals surface area contributed by atoms with E-state index in [1.54, 1.807) is 60.7 Å². The number of nitrogens with zero attached hydrogens (tertiary/aromatic N) is 1. The second kappa shape index (κ2) is 10.8. The molecule has 0 saturated carbocycles. The first kappa shape index (κ1) is 22.6. The smallest absolute Gasteiger partial charge is 0.345 e. The fourth-order valence-corrected chi connectivity index (χ4v) is 3.07. The molecular weight excluding hydrogens is 463 g/mol. The highest BCUT2D eigenvalue weighted by molar-refractivity contribution is 6.35. The highest BCUT2D eigenvalue weighted by Gasteiger charge is 2.12. The van der Waals surface area contributed by atoms with Crippen LogP contribution in [0.3, 0.4) is 0 Å². The van der Waals surface area contributed by atoms with E-state index in [-0.39, 0.29) is 12.2 Å². The summed E-state index contributed by atoms with van der Waals surface area (Å²) in [6.07, 6.45) is 1.40. The third kappa shape index (κ3) is 6.72. The van der Waals surface area contributed by atoms with Gasteiger partial charge in [-0.05, 0) is 48.0 Å². The lowest BCUT2D eigenvalue weighted by Crippen LogP contribution is -2.24. The van der Waals surface area contributed by atoms with Crippen LogP contribution < -0.4 is 14.9 Å². The molecule has 158 valence electrons. The number of ether oxygens (including phenoxy) is 2. The van der Waals surface area contributed by atoms with E-state index in [4.69, 9.17) is 44.3 Å². The minimum Gasteiger partial charge on any atom is -0.482 e. The molecule has 0 saturated heterocycles. The van der Waals surface area contributed by atoms with E-state index >= 15 is 0 Å². The third-order valence-corrected chi connectivity index (χ3v) is 4.68. The van der Waals surface area contributed by atoms with Gasteiger partial charge < -0.3 is 9.47 Å². The number of amides is 1. The quantitative estimate of drug-likeness (QED) is 0.214. The van der Waals surface area contributed by atoms with Crippen LogP contribution in [0.4, 0.5) is 0 Å². The predicted molar refractivity (Wildman–Crippen MR) is 121 cm³/mol. The molecule has 0 fully saturated rings. The zero-order valence-electron chi connectivity index (χ0n) is 15.8. The van der Waals surface area contributed by atoms with Crippen LogP contribution in [0.25, 0.3) is 0 Å². The van der Waals surface area contributed by atoms with Crippen LogP contribution in [0.1, 0.15) is 15.9 Å². The predicted octanol–water partition coefficient (Wildman–Crippen LogP) is 5.40. The Morgan fingerprint density at radius 1 is 0.935 bits per heavy atom.